The maximum absolute atomic E-state index is 5.67. The van der Waals surface area contributed by atoms with Crippen LogP contribution in [0.4, 0.5) is 11.8 Å². The number of aryl methyl sites for hydroxylation is 1. The summed E-state index contributed by atoms with van der Waals surface area (Å²) < 4.78 is 5.67. The minimum absolute atomic E-state index is 0.570. The predicted molar refractivity (Wildman–Crippen MR) is 119 cm³/mol. The number of benzene rings is 2. The van der Waals surface area contributed by atoms with E-state index in [4.69, 9.17) is 4.74 Å². The van der Waals surface area contributed by atoms with Gasteiger partial charge in [0.25, 0.3) is 0 Å². The van der Waals surface area contributed by atoms with Crippen molar-refractivity contribution in [3.63, 3.8) is 0 Å². The zero-order valence-electron chi connectivity index (χ0n) is 16.9. The highest BCUT2D eigenvalue weighted by molar-refractivity contribution is 5.80. The van der Waals surface area contributed by atoms with Crippen LogP contribution in [0.3, 0.4) is 0 Å². The van der Waals surface area contributed by atoms with Crippen molar-refractivity contribution in [2.75, 3.05) is 17.3 Å². The van der Waals surface area contributed by atoms with Crippen LogP contribution in [0.25, 0.3) is 0 Å². The Morgan fingerprint density at radius 3 is 2.59 bits per heavy atom. The molecule has 0 aliphatic carbocycles. The Kier molecular flexibility index (Phi) is 7.57. The molecule has 1 heterocycles. The Balaban J connectivity index is 1.55. The van der Waals surface area contributed by atoms with Crippen molar-refractivity contribution in [2.45, 2.75) is 33.2 Å². The lowest BCUT2D eigenvalue weighted by Crippen LogP contribution is -2.06. The monoisotopic (exact) mass is 389 g/mol. The van der Waals surface area contributed by atoms with Crippen LogP contribution in [-0.4, -0.2) is 22.8 Å². The Morgan fingerprint density at radius 2 is 1.83 bits per heavy atom. The van der Waals surface area contributed by atoms with E-state index in [0.717, 1.165) is 36.5 Å². The largest absolute Gasteiger partial charge is 0.494 e. The summed E-state index contributed by atoms with van der Waals surface area (Å²) >= 11 is 0. The van der Waals surface area contributed by atoms with Gasteiger partial charge in [-0.25, -0.2) is 4.98 Å². The number of nitrogens with zero attached hydrogens (tertiary/aromatic N) is 3. The van der Waals surface area contributed by atoms with E-state index in [2.05, 4.69) is 44.9 Å². The summed E-state index contributed by atoms with van der Waals surface area (Å²) in [6, 6.07) is 19.9. The second kappa shape index (κ2) is 10.8. The van der Waals surface area contributed by atoms with E-state index in [0.29, 0.717) is 18.3 Å². The van der Waals surface area contributed by atoms with Crippen molar-refractivity contribution in [3.8, 4) is 5.75 Å². The molecule has 6 nitrogen and oxygen atoms in total. The van der Waals surface area contributed by atoms with Gasteiger partial charge in [0.1, 0.15) is 5.75 Å². The molecule has 1 aromatic heterocycles. The Morgan fingerprint density at radius 1 is 1.03 bits per heavy atom. The van der Waals surface area contributed by atoms with Crippen LogP contribution >= 0.6 is 0 Å². The molecule has 29 heavy (non-hydrogen) atoms. The van der Waals surface area contributed by atoms with Crippen LogP contribution in [0.1, 0.15) is 36.6 Å². The topological polar surface area (TPSA) is 71.4 Å². The number of nitrogens with one attached hydrogen (secondary N) is 2. The van der Waals surface area contributed by atoms with Gasteiger partial charge in [0, 0.05) is 18.3 Å². The first-order chi connectivity index (χ1) is 14.2. The van der Waals surface area contributed by atoms with Crippen molar-refractivity contribution in [1.82, 2.24) is 9.97 Å². The number of hydrogen-bond acceptors (Lipinski definition) is 6. The van der Waals surface area contributed by atoms with E-state index >= 15 is 0 Å². The van der Waals surface area contributed by atoms with Crippen LogP contribution in [0.5, 0.6) is 5.75 Å². The number of anilines is 2. The molecule has 0 amide bonds. The van der Waals surface area contributed by atoms with E-state index in [9.17, 15) is 0 Å². The van der Waals surface area contributed by atoms with Gasteiger partial charge in [-0.3, -0.25) is 5.43 Å². The fourth-order valence-electron chi connectivity index (χ4n) is 2.64. The first kappa shape index (κ1) is 20.3. The van der Waals surface area contributed by atoms with Gasteiger partial charge in [-0.15, -0.1) is 0 Å². The number of hydrogen-bond donors (Lipinski definition) is 2. The maximum atomic E-state index is 5.67. The molecule has 0 aliphatic heterocycles. The van der Waals surface area contributed by atoms with Gasteiger partial charge in [-0.05, 0) is 48.7 Å². The van der Waals surface area contributed by atoms with Gasteiger partial charge in [0.2, 0.25) is 5.95 Å². The molecule has 3 rings (SSSR count). The molecule has 0 fully saturated rings. The fraction of sp³-hybridized carbons (Fsp3) is 0.261. The van der Waals surface area contributed by atoms with E-state index in [1.54, 1.807) is 6.21 Å². The van der Waals surface area contributed by atoms with E-state index in [1.165, 1.54) is 5.56 Å². The van der Waals surface area contributed by atoms with Crippen molar-refractivity contribution in [2.24, 2.45) is 5.10 Å². The summed E-state index contributed by atoms with van der Waals surface area (Å²) in [6.07, 6.45) is 3.94. The molecule has 0 atom stereocenters. The first-order valence-electron chi connectivity index (χ1n) is 9.88. The Hall–Kier alpha value is -3.41. The van der Waals surface area contributed by atoms with Gasteiger partial charge in [-0.2, -0.15) is 10.1 Å². The van der Waals surface area contributed by atoms with E-state index < -0.39 is 0 Å². The predicted octanol–water partition coefficient (Wildman–Crippen LogP) is 5.02. The molecule has 0 unspecified atom stereocenters. The molecule has 6 heteroatoms. The van der Waals surface area contributed by atoms with Crippen molar-refractivity contribution in [3.05, 3.63) is 77.5 Å². The van der Waals surface area contributed by atoms with Crippen LogP contribution < -0.4 is 15.5 Å². The third-order valence-corrected chi connectivity index (χ3v) is 4.19. The third kappa shape index (κ3) is 6.92. The minimum atomic E-state index is 0.570. The Labute approximate surface area is 172 Å². The highest BCUT2D eigenvalue weighted by Crippen LogP contribution is 2.13. The molecular formula is C23H27N5O. The molecule has 150 valence electrons. The number of unbranched alkanes of at least 4 members (excludes halogenated alkanes) is 1. The van der Waals surface area contributed by atoms with Gasteiger partial charge in [0.05, 0.1) is 12.8 Å². The standard InChI is InChI=1S/C23H27N5O/c1-3-4-14-29-21-12-10-20(11-13-21)17-25-28-22-15-18(2)26-23(27-22)24-16-19-8-6-5-7-9-19/h5-13,15,17H,3-4,14,16H2,1-2H3,(H2,24,26,27,28). The maximum Gasteiger partial charge on any atom is 0.225 e. The second-order valence-corrected chi connectivity index (χ2v) is 6.70. The highest BCUT2D eigenvalue weighted by Gasteiger charge is 2.02. The van der Waals surface area contributed by atoms with Crippen LogP contribution in [-0.2, 0) is 6.54 Å². The van der Waals surface area contributed by atoms with Gasteiger partial charge in [-0.1, -0.05) is 43.7 Å². The summed E-state index contributed by atoms with van der Waals surface area (Å²) in [6.45, 7) is 5.50. The van der Waals surface area contributed by atoms with Crippen LogP contribution in [0.2, 0.25) is 0 Å². The second-order valence-electron chi connectivity index (χ2n) is 6.70. The molecule has 0 bridgehead atoms. The first-order valence-corrected chi connectivity index (χ1v) is 9.88. The summed E-state index contributed by atoms with van der Waals surface area (Å²) in [5.41, 5.74) is 5.99. The normalized spacial score (nSPS) is 10.8. The van der Waals surface area contributed by atoms with Gasteiger partial charge < -0.3 is 10.1 Å². The fourth-order valence-corrected chi connectivity index (χ4v) is 2.64. The number of ether oxygens (including phenoxy) is 1. The minimum Gasteiger partial charge on any atom is -0.494 e. The molecule has 0 radical (unpaired) electrons. The summed E-state index contributed by atoms with van der Waals surface area (Å²) in [4.78, 5) is 8.90. The quantitative estimate of drug-likeness (QED) is 0.289. The molecule has 0 spiro atoms. The lowest BCUT2D eigenvalue weighted by Gasteiger charge is -2.08. The zero-order valence-corrected chi connectivity index (χ0v) is 16.9. The van der Waals surface area contributed by atoms with Crippen LogP contribution in [0.15, 0.2) is 65.8 Å². The molecule has 3 aromatic rings. The van der Waals surface area contributed by atoms with E-state index in [1.807, 2.05) is 55.5 Å². The lowest BCUT2D eigenvalue weighted by molar-refractivity contribution is 0.309. The van der Waals surface area contributed by atoms with Crippen molar-refractivity contribution < 1.29 is 4.74 Å². The van der Waals surface area contributed by atoms with Gasteiger partial charge in [0.15, 0.2) is 5.82 Å². The average Bonchev–Trinajstić information content (AvgIpc) is 2.74. The molecular weight excluding hydrogens is 362 g/mol. The molecule has 0 saturated carbocycles. The Bertz CT molecular complexity index is 910. The molecule has 2 aromatic carbocycles. The molecule has 0 saturated heterocycles. The van der Waals surface area contributed by atoms with E-state index in [-0.39, 0.29) is 0 Å². The smallest absolute Gasteiger partial charge is 0.225 e. The number of hydrazone groups is 1. The summed E-state index contributed by atoms with van der Waals surface area (Å²) in [5.74, 6) is 2.09. The highest BCUT2D eigenvalue weighted by atomic mass is 16.5. The third-order valence-electron chi connectivity index (χ3n) is 4.19. The van der Waals surface area contributed by atoms with Crippen molar-refractivity contribution >= 4 is 18.0 Å². The zero-order chi connectivity index (χ0) is 20.3. The van der Waals surface area contributed by atoms with Crippen molar-refractivity contribution in [1.29, 1.82) is 0 Å². The number of rotatable bonds is 10. The van der Waals surface area contributed by atoms with Gasteiger partial charge >= 0.3 is 0 Å². The summed E-state index contributed by atoms with van der Waals surface area (Å²) in [7, 11) is 0. The average molecular weight is 390 g/mol. The summed E-state index contributed by atoms with van der Waals surface area (Å²) in [5, 5.41) is 7.53. The molecule has 2 N–H and O–H groups in total. The number of aromatic nitrogens is 2. The lowest BCUT2D eigenvalue weighted by atomic mass is 10.2. The van der Waals surface area contributed by atoms with Crippen LogP contribution in [0, 0.1) is 6.92 Å². The molecule has 0 aliphatic rings. The SMILES string of the molecule is CCCCOc1ccc(C=NNc2cc(C)nc(NCc3ccccc3)n2)cc1.